The summed E-state index contributed by atoms with van der Waals surface area (Å²) in [6.07, 6.45) is 1.35. The third kappa shape index (κ3) is 5.54. The normalized spacial score (nSPS) is 14.9. The number of carbonyl (C=O) groups excluding carboxylic acids is 3. The van der Waals surface area contributed by atoms with E-state index in [1.165, 1.54) is 6.08 Å². The largest absolute Gasteiger partial charge is 0.488 e. The van der Waals surface area contributed by atoms with Crippen molar-refractivity contribution in [3.8, 4) is 5.75 Å². The van der Waals surface area contributed by atoms with Crippen LogP contribution in [0.1, 0.15) is 16.7 Å². The second kappa shape index (κ2) is 10.4. The van der Waals surface area contributed by atoms with Crippen LogP contribution in [0.15, 0.2) is 64.6 Å². The molecule has 1 fully saturated rings. The lowest BCUT2D eigenvalue weighted by molar-refractivity contribution is -0.122. The van der Waals surface area contributed by atoms with Gasteiger partial charge < -0.3 is 4.74 Å². The molecule has 1 saturated heterocycles. The van der Waals surface area contributed by atoms with E-state index in [-0.39, 0.29) is 12.2 Å². The maximum absolute atomic E-state index is 13.3. The Morgan fingerprint density at radius 3 is 2.46 bits per heavy atom. The third-order valence-corrected chi connectivity index (χ3v) is 7.02. The monoisotopic (exact) mass is 592 g/mol. The predicted molar refractivity (Wildman–Crippen MR) is 140 cm³/mol. The number of hydrogen-bond acceptors (Lipinski definition) is 4. The van der Waals surface area contributed by atoms with E-state index in [9.17, 15) is 14.4 Å². The van der Waals surface area contributed by atoms with Crippen molar-refractivity contribution in [2.45, 2.75) is 13.5 Å². The molecule has 6 nitrogen and oxygen atoms in total. The van der Waals surface area contributed by atoms with Crippen molar-refractivity contribution in [3.63, 3.8) is 0 Å². The van der Waals surface area contributed by atoms with Gasteiger partial charge in [-0.2, -0.15) is 0 Å². The van der Waals surface area contributed by atoms with Crippen LogP contribution in [-0.2, 0) is 16.2 Å². The fraction of sp³-hybridized carbons (Fsp3) is 0.0800. The van der Waals surface area contributed by atoms with Gasteiger partial charge in [0.05, 0.1) is 15.7 Å². The SMILES string of the molecule is Cc1cc(N2C(=O)NC(=O)/C(=C/c3cc(Cl)ccc3OCc3ccc(Cl)c(Cl)c3)C2=O)ccc1Br. The van der Waals surface area contributed by atoms with Gasteiger partial charge in [-0.15, -0.1) is 0 Å². The number of ether oxygens (including phenoxy) is 1. The van der Waals surface area contributed by atoms with Crippen LogP contribution in [0.5, 0.6) is 5.75 Å². The van der Waals surface area contributed by atoms with Crippen molar-refractivity contribution in [1.82, 2.24) is 5.32 Å². The number of hydrogen-bond donors (Lipinski definition) is 1. The van der Waals surface area contributed by atoms with Gasteiger partial charge >= 0.3 is 6.03 Å². The minimum Gasteiger partial charge on any atom is -0.488 e. The zero-order valence-electron chi connectivity index (χ0n) is 18.1. The van der Waals surface area contributed by atoms with Crippen LogP contribution in [0.2, 0.25) is 15.1 Å². The fourth-order valence-electron chi connectivity index (χ4n) is 3.37. The highest BCUT2D eigenvalue weighted by atomic mass is 79.9. The number of benzene rings is 3. The highest BCUT2D eigenvalue weighted by Gasteiger charge is 2.37. The molecule has 3 aromatic carbocycles. The minimum absolute atomic E-state index is 0.150. The summed E-state index contributed by atoms with van der Waals surface area (Å²) in [5.41, 5.74) is 2.05. The van der Waals surface area contributed by atoms with Gasteiger partial charge in [-0.3, -0.25) is 14.9 Å². The molecule has 0 aromatic heterocycles. The number of amides is 4. The van der Waals surface area contributed by atoms with Gasteiger partial charge in [0.2, 0.25) is 0 Å². The van der Waals surface area contributed by atoms with Crippen molar-refractivity contribution in [3.05, 3.63) is 96.4 Å². The van der Waals surface area contributed by atoms with Crippen molar-refractivity contribution < 1.29 is 19.1 Å². The third-order valence-electron chi connectivity index (χ3n) is 5.15. The first-order valence-electron chi connectivity index (χ1n) is 10.2. The van der Waals surface area contributed by atoms with Crippen LogP contribution in [0.25, 0.3) is 6.08 Å². The molecular formula is C25H16BrCl3N2O4. The molecule has 0 aliphatic carbocycles. The first-order valence-corrected chi connectivity index (χ1v) is 12.1. The molecule has 0 unspecified atom stereocenters. The molecule has 35 heavy (non-hydrogen) atoms. The van der Waals surface area contributed by atoms with Crippen LogP contribution < -0.4 is 15.0 Å². The molecule has 0 atom stereocenters. The standard InChI is InChI=1S/C25H16BrCl3N2O4/c1-13-8-17(4-5-19(13)26)31-24(33)18(23(32)30-25(31)34)11-15-10-16(27)3-7-22(15)35-12-14-2-6-20(28)21(29)9-14/h2-11H,12H2,1H3,(H,30,32,34)/b18-11-. The molecule has 1 aliphatic rings. The van der Waals surface area contributed by atoms with Gasteiger partial charge in [-0.05, 0) is 72.7 Å². The van der Waals surface area contributed by atoms with Crippen LogP contribution in [0.3, 0.4) is 0 Å². The lowest BCUT2D eigenvalue weighted by Gasteiger charge is -2.27. The summed E-state index contributed by atoms with van der Waals surface area (Å²) in [6.45, 7) is 1.98. The molecule has 0 spiro atoms. The van der Waals surface area contributed by atoms with E-state index in [4.69, 9.17) is 39.5 Å². The topological polar surface area (TPSA) is 75.7 Å². The van der Waals surface area contributed by atoms with Gasteiger partial charge in [0, 0.05) is 15.1 Å². The molecule has 0 radical (unpaired) electrons. The van der Waals surface area contributed by atoms with E-state index in [2.05, 4.69) is 21.2 Å². The van der Waals surface area contributed by atoms with E-state index in [1.807, 2.05) is 6.92 Å². The molecule has 1 heterocycles. The minimum atomic E-state index is -0.832. The number of nitrogens with one attached hydrogen (secondary N) is 1. The number of rotatable bonds is 5. The lowest BCUT2D eigenvalue weighted by Crippen LogP contribution is -2.54. The summed E-state index contributed by atoms with van der Waals surface area (Å²) in [7, 11) is 0. The number of halogens is 4. The van der Waals surface area contributed by atoms with Crippen LogP contribution in [0, 0.1) is 6.92 Å². The van der Waals surface area contributed by atoms with Crippen molar-refractivity contribution in [1.29, 1.82) is 0 Å². The average molecular weight is 595 g/mol. The summed E-state index contributed by atoms with van der Waals surface area (Å²) in [6, 6.07) is 14.1. The first-order chi connectivity index (χ1) is 16.6. The molecule has 1 aliphatic heterocycles. The maximum atomic E-state index is 13.3. The number of carbonyl (C=O) groups is 3. The van der Waals surface area contributed by atoms with Crippen LogP contribution >= 0.6 is 50.7 Å². The highest BCUT2D eigenvalue weighted by molar-refractivity contribution is 9.10. The Hall–Kier alpha value is -2.84. The zero-order chi connectivity index (χ0) is 25.3. The molecule has 0 bridgehead atoms. The van der Waals surface area contributed by atoms with Gasteiger partial charge in [-0.1, -0.05) is 56.8 Å². The number of aryl methyl sites for hydroxylation is 1. The van der Waals surface area contributed by atoms with Crippen LogP contribution in [-0.4, -0.2) is 17.8 Å². The van der Waals surface area contributed by atoms with E-state index in [0.717, 1.165) is 20.5 Å². The second-order valence-electron chi connectivity index (χ2n) is 7.61. The molecule has 0 saturated carbocycles. The Morgan fingerprint density at radius 2 is 1.74 bits per heavy atom. The van der Waals surface area contributed by atoms with Gasteiger partial charge in [0.1, 0.15) is 17.9 Å². The number of urea groups is 1. The predicted octanol–water partition coefficient (Wildman–Crippen LogP) is 6.96. The van der Waals surface area contributed by atoms with Gasteiger partial charge in [-0.25, -0.2) is 9.69 Å². The van der Waals surface area contributed by atoms with Crippen molar-refractivity contribution in [2.75, 3.05) is 4.90 Å². The number of anilines is 1. The second-order valence-corrected chi connectivity index (χ2v) is 9.72. The summed E-state index contributed by atoms with van der Waals surface area (Å²) >= 11 is 21.6. The number of imide groups is 2. The van der Waals surface area contributed by atoms with Gasteiger partial charge in [0.15, 0.2) is 0 Å². The van der Waals surface area contributed by atoms with Gasteiger partial charge in [0.25, 0.3) is 11.8 Å². The Morgan fingerprint density at radius 1 is 0.971 bits per heavy atom. The lowest BCUT2D eigenvalue weighted by atomic mass is 10.1. The number of nitrogens with zero attached hydrogens (tertiary/aromatic N) is 1. The van der Waals surface area contributed by atoms with Crippen molar-refractivity contribution >= 4 is 80.3 Å². The Bertz CT molecular complexity index is 1410. The summed E-state index contributed by atoms with van der Waals surface area (Å²) in [5.74, 6) is -1.21. The Labute approximate surface area is 224 Å². The maximum Gasteiger partial charge on any atom is 0.335 e. The molecule has 4 amide bonds. The molecule has 10 heteroatoms. The van der Waals surface area contributed by atoms with E-state index >= 15 is 0 Å². The fourth-order valence-corrected chi connectivity index (χ4v) is 4.12. The summed E-state index contributed by atoms with van der Waals surface area (Å²) < 4.78 is 6.73. The van der Waals surface area contributed by atoms with Crippen LogP contribution in [0.4, 0.5) is 10.5 Å². The number of barbiturate groups is 1. The molecule has 4 rings (SSSR count). The quantitative estimate of drug-likeness (QED) is 0.256. The molecule has 1 N–H and O–H groups in total. The van der Waals surface area contributed by atoms with Crippen molar-refractivity contribution in [2.24, 2.45) is 0 Å². The first kappa shape index (κ1) is 25.3. The molecular weight excluding hydrogens is 579 g/mol. The smallest absolute Gasteiger partial charge is 0.335 e. The Balaban J connectivity index is 1.67. The van der Waals surface area contributed by atoms with E-state index in [1.54, 1.807) is 54.6 Å². The summed E-state index contributed by atoms with van der Waals surface area (Å²) in [5, 5.41) is 3.40. The zero-order valence-corrected chi connectivity index (χ0v) is 21.9. The summed E-state index contributed by atoms with van der Waals surface area (Å²) in [4.78, 5) is 39.3. The average Bonchev–Trinajstić information content (AvgIpc) is 2.80. The Kier molecular flexibility index (Phi) is 7.52. The molecule has 178 valence electrons. The van der Waals surface area contributed by atoms with E-state index in [0.29, 0.717) is 32.1 Å². The molecule has 3 aromatic rings. The highest BCUT2D eigenvalue weighted by Crippen LogP contribution is 2.30. The van der Waals surface area contributed by atoms with E-state index < -0.39 is 17.8 Å².